The quantitative estimate of drug-likeness (QED) is 0.568. The SMILES string of the molecule is CN(C)CCCOc1ccc(N)cc1O. The van der Waals surface area contributed by atoms with Crippen LogP contribution in [0.25, 0.3) is 0 Å². The second kappa shape index (κ2) is 5.46. The van der Waals surface area contributed by atoms with E-state index < -0.39 is 0 Å². The van der Waals surface area contributed by atoms with Crippen LogP contribution in [0.15, 0.2) is 18.2 Å². The van der Waals surface area contributed by atoms with Crippen LogP contribution in [-0.2, 0) is 0 Å². The van der Waals surface area contributed by atoms with Crippen molar-refractivity contribution in [3.05, 3.63) is 18.2 Å². The standard InChI is InChI=1S/C11H18N2O2/c1-13(2)6-3-7-15-11-5-4-9(12)8-10(11)14/h4-5,8,14H,3,6-7,12H2,1-2H3. The number of hydrogen-bond acceptors (Lipinski definition) is 4. The third-order valence-electron chi connectivity index (χ3n) is 1.99. The Morgan fingerprint density at radius 3 is 2.73 bits per heavy atom. The molecule has 0 aliphatic heterocycles. The minimum Gasteiger partial charge on any atom is -0.504 e. The fourth-order valence-corrected chi connectivity index (χ4v) is 1.22. The number of nitrogens with two attached hydrogens (primary N) is 1. The van der Waals surface area contributed by atoms with E-state index in [0.717, 1.165) is 13.0 Å². The lowest BCUT2D eigenvalue weighted by atomic mass is 10.3. The second-order valence-electron chi connectivity index (χ2n) is 3.73. The Kier molecular flexibility index (Phi) is 4.24. The maximum atomic E-state index is 9.48. The van der Waals surface area contributed by atoms with Crippen LogP contribution in [-0.4, -0.2) is 37.3 Å². The Bertz CT molecular complexity index is 313. The highest BCUT2D eigenvalue weighted by atomic mass is 16.5. The molecule has 0 fully saturated rings. The molecule has 0 aliphatic carbocycles. The summed E-state index contributed by atoms with van der Waals surface area (Å²) < 4.78 is 5.41. The molecule has 84 valence electrons. The van der Waals surface area contributed by atoms with Gasteiger partial charge in [0.15, 0.2) is 11.5 Å². The van der Waals surface area contributed by atoms with E-state index in [-0.39, 0.29) is 5.75 Å². The Morgan fingerprint density at radius 2 is 2.13 bits per heavy atom. The molecule has 3 N–H and O–H groups in total. The predicted molar refractivity (Wildman–Crippen MR) is 61.2 cm³/mol. The first-order valence-electron chi connectivity index (χ1n) is 4.95. The number of aromatic hydroxyl groups is 1. The number of nitrogen functional groups attached to an aromatic ring is 1. The van der Waals surface area contributed by atoms with Crippen molar-refractivity contribution in [2.75, 3.05) is 33.0 Å². The number of nitrogens with zero attached hydrogens (tertiary/aromatic N) is 1. The summed E-state index contributed by atoms with van der Waals surface area (Å²) in [6, 6.07) is 4.88. The molecule has 4 heteroatoms. The van der Waals surface area contributed by atoms with Gasteiger partial charge >= 0.3 is 0 Å². The van der Waals surface area contributed by atoms with Crippen LogP contribution in [0, 0.1) is 0 Å². The van der Waals surface area contributed by atoms with E-state index in [9.17, 15) is 5.11 Å². The fraction of sp³-hybridized carbons (Fsp3) is 0.455. The van der Waals surface area contributed by atoms with Gasteiger partial charge in [-0.25, -0.2) is 0 Å². The number of ether oxygens (including phenoxy) is 1. The molecule has 1 rings (SSSR count). The van der Waals surface area contributed by atoms with Crippen LogP contribution in [0.5, 0.6) is 11.5 Å². The molecule has 1 aromatic carbocycles. The molecule has 0 heterocycles. The van der Waals surface area contributed by atoms with Gasteiger partial charge in [0.1, 0.15) is 0 Å². The summed E-state index contributed by atoms with van der Waals surface area (Å²) in [5.41, 5.74) is 6.04. The van der Waals surface area contributed by atoms with Crippen molar-refractivity contribution in [1.29, 1.82) is 0 Å². The van der Waals surface area contributed by atoms with Gasteiger partial charge in [-0.2, -0.15) is 0 Å². The van der Waals surface area contributed by atoms with E-state index in [1.54, 1.807) is 12.1 Å². The molecule has 0 bridgehead atoms. The van der Waals surface area contributed by atoms with Gasteiger partial charge in [0.05, 0.1) is 6.61 Å². The first kappa shape index (κ1) is 11.7. The van der Waals surface area contributed by atoms with Crippen LogP contribution >= 0.6 is 0 Å². The monoisotopic (exact) mass is 210 g/mol. The molecular weight excluding hydrogens is 192 g/mol. The van der Waals surface area contributed by atoms with Crippen molar-refractivity contribution in [3.63, 3.8) is 0 Å². The lowest BCUT2D eigenvalue weighted by Crippen LogP contribution is -2.15. The molecule has 0 aromatic heterocycles. The van der Waals surface area contributed by atoms with Gasteiger partial charge in [-0.05, 0) is 32.6 Å². The van der Waals surface area contributed by atoms with E-state index in [4.69, 9.17) is 10.5 Å². The van der Waals surface area contributed by atoms with Crippen molar-refractivity contribution in [2.24, 2.45) is 0 Å². The van der Waals surface area contributed by atoms with E-state index in [2.05, 4.69) is 4.90 Å². The van der Waals surface area contributed by atoms with Crippen LogP contribution in [0.3, 0.4) is 0 Å². The molecule has 4 nitrogen and oxygen atoms in total. The molecule has 0 saturated carbocycles. The number of hydrogen-bond donors (Lipinski definition) is 2. The van der Waals surface area contributed by atoms with Gasteiger partial charge in [0.25, 0.3) is 0 Å². The summed E-state index contributed by atoms with van der Waals surface area (Å²) in [6.45, 7) is 1.56. The molecule has 0 saturated heterocycles. The third kappa shape index (κ3) is 4.08. The van der Waals surface area contributed by atoms with Gasteiger partial charge in [-0.3, -0.25) is 0 Å². The maximum absolute atomic E-state index is 9.48. The average molecular weight is 210 g/mol. The molecule has 0 radical (unpaired) electrons. The molecule has 0 aliphatic rings. The number of anilines is 1. The zero-order chi connectivity index (χ0) is 11.3. The van der Waals surface area contributed by atoms with Crippen LogP contribution in [0.4, 0.5) is 5.69 Å². The highest BCUT2D eigenvalue weighted by molar-refractivity contribution is 5.51. The van der Waals surface area contributed by atoms with Gasteiger partial charge in [0.2, 0.25) is 0 Å². The topological polar surface area (TPSA) is 58.7 Å². The van der Waals surface area contributed by atoms with E-state index in [1.807, 2.05) is 14.1 Å². The average Bonchev–Trinajstić information content (AvgIpc) is 2.14. The summed E-state index contributed by atoms with van der Waals surface area (Å²) in [6.07, 6.45) is 0.927. The minimum absolute atomic E-state index is 0.0971. The van der Waals surface area contributed by atoms with Crippen molar-refractivity contribution in [1.82, 2.24) is 4.90 Å². The number of benzene rings is 1. The predicted octanol–water partition coefficient (Wildman–Crippen LogP) is 1.30. The van der Waals surface area contributed by atoms with E-state index in [1.165, 1.54) is 6.07 Å². The van der Waals surface area contributed by atoms with Crippen LogP contribution < -0.4 is 10.5 Å². The zero-order valence-corrected chi connectivity index (χ0v) is 9.23. The number of rotatable bonds is 5. The Morgan fingerprint density at radius 1 is 1.40 bits per heavy atom. The summed E-state index contributed by atoms with van der Waals surface area (Å²) >= 11 is 0. The Labute approximate surface area is 90.3 Å². The maximum Gasteiger partial charge on any atom is 0.161 e. The molecular formula is C11H18N2O2. The van der Waals surface area contributed by atoms with Crippen molar-refractivity contribution < 1.29 is 9.84 Å². The Hall–Kier alpha value is -1.42. The zero-order valence-electron chi connectivity index (χ0n) is 9.23. The number of phenolic OH excluding ortho intramolecular Hbond substituents is 1. The molecule has 1 aromatic rings. The third-order valence-corrected chi connectivity index (χ3v) is 1.99. The smallest absolute Gasteiger partial charge is 0.161 e. The Balaban J connectivity index is 2.37. The lowest BCUT2D eigenvalue weighted by molar-refractivity contribution is 0.271. The molecule has 0 atom stereocenters. The highest BCUT2D eigenvalue weighted by Crippen LogP contribution is 2.27. The summed E-state index contributed by atoms with van der Waals surface area (Å²) in [7, 11) is 4.03. The largest absolute Gasteiger partial charge is 0.504 e. The van der Waals surface area contributed by atoms with E-state index in [0.29, 0.717) is 18.0 Å². The number of phenols is 1. The molecule has 15 heavy (non-hydrogen) atoms. The van der Waals surface area contributed by atoms with Crippen LogP contribution in [0.1, 0.15) is 6.42 Å². The van der Waals surface area contributed by atoms with Crippen LogP contribution in [0.2, 0.25) is 0 Å². The summed E-state index contributed by atoms with van der Waals surface area (Å²) in [5.74, 6) is 0.586. The van der Waals surface area contributed by atoms with Gasteiger partial charge in [-0.15, -0.1) is 0 Å². The molecule has 0 amide bonds. The summed E-state index contributed by atoms with van der Waals surface area (Å²) in [4.78, 5) is 2.09. The first-order chi connectivity index (χ1) is 7.09. The minimum atomic E-state index is 0.0971. The first-order valence-corrected chi connectivity index (χ1v) is 4.95. The van der Waals surface area contributed by atoms with Gasteiger partial charge in [0, 0.05) is 18.3 Å². The molecule has 0 unspecified atom stereocenters. The van der Waals surface area contributed by atoms with Crippen molar-refractivity contribution >= 4 is 5.69 Å². The fourth-order valence-electron chi connectivity index (χ4n) is 1.22. The second-order valence-corrected chi connectivity index (χ2v) is 3.73. The van der Waals surface area contributed by atoms with Crippen molar-refractivity contribution in [2.45, 2.75) is 6.42 Å². The van der Waals surface area contributed by atoms with Gasteiger partial charge in [-0.1, -0.05) is 0 Å². The normalized spacial score (nSPS) is 10.6. The lowest BCUT2D eigenvalue weighted by Gasteiger charge is -2.11. The van der Waals surface area contributed by atoms with E-state index >= 15 is 0 Å². The molecule has 0 spiro atoms. The van der Waals surface area contributed by atoms with Crippen molar-refractivity contribution in [3.8, 4) is 11.5 Å². The summed E-state index contributed by atoms with van der Waals surface area (Å²) in [5, 5.41) is 9.48. The van der Waals surface area contributed by atoms with Gasteiger partial charge < -0.3 is 20.5 Å². The highest BCUT2D eigenvalue weighted by Gasteiger charge is 2.01.